The number of carboxylic acid groups (broad SMARTS) is 3. The van der Waals surface area contributed by atoms with Crippen LogP contribution in [0.25, 0.3) is 0 Å². The van der Waals surface area contributed by atoms with Gasteiger partial charge >= 0.3 is 35.9 Å². The van der Waals surface area contributed by atoms with E-state index in [0.717, 1.165) is 18.2 Å². The molecule has 0 heterocycles. The summed E-state index contributed by atoms with van der Waals surface area (Å²) in [5, 5.41) is 27.4. The van der Waals surface area contributed by atoms with Gasteiger partial charge in [-0.25, -0.2) is 0 Å². The summed E-state index contributed by atoms with van der Waals surface area (Å²) in [4.78, 5) is 27.4. The van der Waals surface area contributed by atoms with E-state index in [1.54, 1.807) is 0 Å². The van der Waals surface area contributed by atoms with Crippen LogP contribution in [0.3, 0.4) is 0 Å². The first kappa shape index (κ1) is 29.7. The van der Waals surface area contributed by atoms with Crippen molar-refractivity contribution in [3.05, 3.63) is 38.0 Å². The number of carbonyl (C=O) groups excluding carboxylic acids is 3. The maximum atomic E-state index is 9.14. The van der Waals surface area contributed by atoms with Gasteiger partial charge in [-0.05, 0) is 18.2 Å². The molecule has 0 aliphatic carbocycles. The fraction of sp³-hybridized carbons (Fsp3) is 0. The molecule has 6 nitrogen and oxygen atoms in total. The van der Waals surface area contributed by atoms with Crippen molar-refractivity contribution in [1.82, 2.24) is 0 Å². The molecule has 0 rings (SSSR count). The normalized spacial score (nSPS) is 5.65. The summed E-state index contributed by atoms with van der Waals surface area (Å²) < 4.78 is 0. The van der Waals surface area contributed by atoms with E-state index < -0.39 is 17.9 Å². The van der Waals surface area contributed by atoms with Crippen molar-refractivity contribution < 1.29 is 67.1 Å². The van der Waals surface area contributed by atoms with E-state index in [0.29, 0.717) is 0 Å². The Labute approximate surface area is 123 Å². The van der Waals surface area contributed by atoms with Crippen molar-refractivity contribution in [2.75, 3.05) is 0 Å². The fourth-order valence-electron chi connectivity index (χ4n) is 0. The maximum absolute atomic E-state index is 9.14. The van der Waals surface area contributed by atoms with Crippen LogP contribution in [0.1, 0.15) is 1.43 Å². The molecule has 0 bridgehead atoms. The molecule has 0 amide bonds. The van der Waals surface area contributed by atoms with Gasteiger partial charge in [0.1, 0.15) is 0 Å². The zero-order valence-corrected chi connectivity index (χ0v) is 10.3. The first-order chi connectivity index (χ1) is 6.81. The number of aliphatic carboxylic acids is 3. The molecule has 0 aliphatic heterocycles. The fourth-order valence-corrected chi connectivity index (χ4v) is 0. The van der Waals surface area contributed by atoms with Gasteiger partial charge in [0.15, 0.2) is 0 Å². The third-order valence-electron chi connectivity index (χ3n) is 0.500. The first-order valence-electron chi connectivity index (χ1n) is 3.32. The molecular weight excluding hydrogens is 267 g/mol. The Morgan fingerprint density at radius 2 is 0.824 bits per heavy atom. The molecule has 0 fully saturated rings. The Morgan fingerprint density at radius 3 is 0.824 bits per heavy atom. The van der Waals surface area contributed by atoms with Gasteiger partial charge in [-0.15, -0.1) is 0 Å². The van der Waals surface area contributed by atoms with Crippen LogP contribution in [0.15, 0.2) is 38.0 Å². The summed E-state index contributed by atoms with van der Waals surface area (Å²) in [6, 6.07) is 0. The first-order valence-corrected chi connectivity index (χ1v) is 3.32. The van der Waals surface area contributed by atoms with Gasteiger partial charge < -0.3 is 31.1 Å². The molecule has 0 aromatic carbocycles. The third kappa shape index (κ3) is 106. The smallest absolute Gasteiger partial charge is 1.00 e. The van der Waals surface area contributed by atoms with Crippen molar-refractivity contribution >= 4 is 17.9 Å². The molecule has 0 aliphatic rings. The molecule has 8 heteroatoms. The minimum atomic E-state index is -1.23. The van der Waals surface area contributed by atoms with Gasteiger partial charge in [-0.2, -0.15) is 0 Å². The van der Waals surface area contributed by atoms with E-state index in [1.165, 1.54) is 0 Å². The number of carbonyl (C=O) groups is 3. The summed E-state index contributed by atoms with van der Waals surface area (Å²) in [5.74, 6) is -3.69. The molecule has 0 aromatic rings. The van der Waals surface area contributed by atoms with E-state index in [4.69, 9.17) is 29.7 Å². The number of rotatable bonds is 3. The van der Waals surface area contributed by atoms with E-state index in [-0.39, 0.29) is 37.4 Å². The van der Waals surface area contributed by atoms with E-state index in [1.807, 2.05) is 0 Å². The van der Waals surface area contributed by atoms with Crippen LogP contribution in [-0.4, -0.2) is 17.9 Å². The van der Waals surface area contributed by atoms with Crippen LogP contribution in [-0.2, 0) is 31.5 Å². The second-order valence-corrected chi connectivity index (χ2v) is 1.57. The third-order valence-corrected chi connectivity index (χ3v) is 0.500. The molecule has 17 heavy (non-hydrogen) atoms. The minimum Gasteiger partial charge on any atom is -1.00 e. The molecular formula is C9H10FeLiO6. The second-order valence-electron chi connectivity index (χ2n) is 1.57. The van der Waals surface area contributed by atoms with Crippen LogP contribution in [0.2, 0.25) is 0 Å². The van der Waals surface area contributed by atoms with Crippen molar-refractivity contribution in [2.24, 2.45) is 0 Å². The molecule has 0 aromatic heterocycles. The topological polar surface area (TPSA) is 120 Å². The van der Waals surface area contributed by atoms with Gasteiger partial charge in [-0.3, -0.25) is 0 Å². The van der Waals surface area contributed by atoms with Crippen LogP contribution in [0.4, 0.5) is 0 Å². The van der Waals surface area contributed by atoms with E-state index in [9.17, 15) is 0 Å². The van der Waals surface area contributed by atoms with Crippen molar-refractivity contribution in [2.45, 2.75) is 0 Å². The van der Waals surface area contributed by atoms with Crippen molar-refractivity contribution in [1.29, 1.82) is 0 Å². The summed E-state index contributed by atoms with van der Waals surface area (Å²) in [7, 11) is 0. The zero-order chi connectivity index (χ0) is 12.9. The van der Waals surface area contributed by atoms with Crippen LogP contribution in [0, 0.1) is 0 Å². The van der Waals surface area contributed by atoms with Gasteiger partial charge in [-0.1, -0.05) is 19.7 Å². The Hall–Kier alpha value is -1.25. The molecule has 0 saturated heterocycles. The minimum absolute atomic E-state index is 0. The van der Waals surface area contributed by atoms with Crippen molar-refractivity contribution in [3.63, 3.8) is 0 Å². The second kappa shape index (κ2) is 24.1. The summed E-state index contributed by atoms with van der Waals surface area (Å²) in [6.45, 7) is 8.69. The number of hydrogen-bond acceptors (Lipinski definition) is 6. The predicted molar refractivity (Wildman–Crippen MR) is 46.7 cm³/mol. The molecule has 1 radical (unpaired) electrons. The van der Waals surface area contributed by atoms with Gasteiger partial charge in [0.05, 0.1) is 17.9 Å². The predicted octanol–water partition coefficient (Wildman–Crippen LogP) is -6.12. The molecule has 0 unspecified atom stereocenters. The average Bonchev–Trinajstić information content (AvgIpc) is 2.19. The quantitative estimate of drug-likeness (QED) is 0.374. The number of carboxylic acids is 3. The average molecular weight is 277 g/mol. The Bertz CT molecular complexity index is 227. The maximum Gasteiger partial charge on any atom is 3.00 e. The molecule has 0 N–H and O–H groups in total. The molecule has 0 spiro atoms. The Kier molecular flexibility index (Phi) is 42.1. The molecule has 91 valence electrons. The Balaban J connectivity index is -0.0000000277. The SMILES string of the molecule is C=CC(=O)[O-].C=CC(=O)[O-].C=CC(=O)[O-].[Fe+3].[H-].[Li+]. The standard InChI is InChI=1S/3C3H4O2.Fe.Li.H/c3*1-2-3(4)5;;;/h3*2H,1H2,(H,4,5);;;/q;;;+3;+1;-1/p-3. The van der Waals surface area contributed by atoms with E-state index >= 15 is 0 Å². The largest absolute Gasteiger partial charge is 3.00 e. The van der Waals surface area contributed by atoms with Crippen LogP contribution in [0.5, 0.6) is 0 Å². The van der Waals surface area contributed by atoms with Crippen LogP contribution >= 0.6 is 0 Å². The summed E-state index contributed by atoms with van der Waals surface area (Å²) in [6.07, 6.45) is 2.17. The molecule has 0 atom stereocenters. The molecule has 0 saturated carbocycles. The van der Waals surface area contributed by atoms with Crippen LogP contribution < -0.4 is 34.2 Å². The van der Waals surface area contributed by atoms with Crippen molar-refractivity contribution in [3.8, 4) is 0 Å². The van der Waals surface area contributed by atoms with Gasteiger partial charge in [0.2, 0.25) is 0 Å². The zero-order valence-electron chi connectivity index (χ0n) is 10.2. The summed E-state index contributed by atoms with van der Waals surface area (Å²) >= 11 is 0. The van der Waals surface area contributed by atoms with Gasteiger partial charge in [0, 0.05) is 0 Å². The Morgan fingerprint density at radius 1 is 0.765 bits per heavy atom. The monoisotopic (exact) mass is 277 g/mol. The van der Waals surface area contributed by atoms with E-state index in [2.05, 4.69) is 19.7 Å². The number of hydrogen-bond donors (Lipinski definition) is 0. The summed E-state index contributed by atoms with van der Waals surface area (Å²) in [5.41, 5.74) is 0. The van der Waals surface area contributed by atoms with Gasteiger partial charge in [0.25, 0.3) is 0 Å².